The molecule has 1 saturated carbocycles. The highest BCUT2D eigenvalue weighted by Gasteiger charge is 2.59. The lowest BCUT2D eigenvalue weighted by Crippen LogP contribution is -2.69. The summed E-state index contributed by atoms with van der Waals surface area (Å²) in [6.45, 7) is 12.5. The van der Waals surface area contributed by atoms with Gasteiger partial charge in [-0.2, -0.15) is 0 Å². The molecule has 0 aromatic rings. The maximum Gasteiger partial charge on any atom is 0.237 e. The standard InChI is InChI=1S/C18H33N5O2.HI/c1-17(2)13(12-6-11-25-14(12)17)21-16(20-5)22-7-9-23(10-8-22)18(3,4)15(19)24;/h12-14H,6-11H2,1-5H3,(H2,19,24)(H,20,21);1H. The third-order valence-electron chi connectivity index (χ3n) is 6.57. The fourth-order valence-corrected chi connectivity index (χ4v) is 4.69. The number of ether oxygens (including phenoxy) is 1. The number of hydrogen-bond acceptors (Lipinski definition) is 4. The number of carbonyl (C=O) groups is 1. The number of amides is 1. The van der Waals surface area contributed by atoms with Crippen molar-refractivity contribution in [2.75, 3.05) is 39.8 Å². The Balaban J connectivity index is 0.00000243. The first-order valence-corrected chi connectivity index (χ1v) is 9.34. The molecule has 3 rings (SSSR count). The number of hydrogen-bond donors (Lipinski definition) is 2. The van der Waals surface area contributed by atoms with Gasteiger partial charge >= 0.3 is 0 Å². The zero-order chi connectivity index (χ0) is 18.4. The smallest absolute Gasteiger partial charge is 0.237 e. The fraction of sp³-hybridized carbons (Fsp3) is 0.889. The number of nitrogens with zero attached hydrogens (tertiary/aromatic N) is 3. The minimum absolute atomic E-state index is 0. The Morgan fingerprint density at radius 1 is 1.27 bits per heavy atom. The number of guanidine groups is 1. The van der Waals surface area contributed by atoms with Gasteiger partial charge in [0.05, 0.1) is 11.6 Å². The summed E-state index contributed by atoms with van der Waals surface area (Å²) in [4.78, 5) is 20.6. The van der Waals surface area contributed by atoms with Gasteiger partial charge in [0, 0.05) is 57.2 Å². The number of nitrogens with one attached hydrogen (secondary N) is 1. The number of primary amides is 1. The molecule has 0 bridgehead atoms. The van der Waals surface area contributed by atoms with Crippen LogP contribution in [-0.2, 0) is 9.53 Å². The molecule has 3 aliphatic rings. The van der Waals surface area contributed by atoms with Gasteiger partial charge in [-0.3, -0.25) is 14.7 Å². The van der Waals surface area contributed by atoms with Crippen molar-refractivity contribution in [3.05, 3.63) is 0 Å². The van der Waals surface area contributed by atoms with E-state index in [1.807, 2.05) is 20.9 Å². The van der Waals surface area contributed by atoms with E-state index in [1.54, 1.807) is 0 Å². The largest absolute Gasteiger partial charge is 0.377 e. The summed E-state index contributed by atoms with van der Waals surface area (Å²) in [5, 5.41) is 3.70. The van der Waals surface area contributed by atoms with E-state index < -0.39 is 5.54 Å². The summed E-state index contributed by atoms with van der Waals surface area (Å²) in [6, 6.07) is 0.402. The minimum Gasteiger partial charge on any atom is -0.377 e. The maximum absolute atomic E-state index is 11.7. The Labute approximate surface area is 174 Å². The first-order chi connectivity index (χ1) is 11.7. The predicted molar refractivity (Wildman–Crippen MR) is 114 cm³/mol. The summed E-state index contributed by atoms with van der Waals surface area (Å²) in [5.74, 6) is 1.27. The van der Waals surface area contributed by atoms with Crippen molar-refractivity contribution in [3.63, 3.8) is 0 Å². The van der Waals surface area contributed by atoms with Crippen LogP contribution < -0.4 is 11.1 Å². The summed E-state index contributed by atoms with van der Waals surface area (Å²) in [7, 11) is 1.84. The Morgan fingerprint density at radius 3 is 2.42 bits per heavy atom. The van der Waals surface area contributed by atoms with Crippen LogP contribution >= 0.6 is 24.0 Å². The molecule has 3 fully saturated rings. The van der Waals surface area contributed by atoms with Gasteiger partial charge in [0.2, 0.25) is 5.91 Å². The van der Waals surface area contributed by atoms with Crippen LogP contribution in [0.1, 0.15) is 34.1 Å². The van der Waals surface area contributed by atoms with Crippen molar-refractivity contribution < 1.29 is 9.53 Å². The molecule has 26 heavy (non-hydrogen) atoms. The average Bonchev–Trinajstić information content (AvgIpc) is 3.02. The van der Waals surface area contributed by atoms with E-state index in [0.29, 0.717) is 18.1 Å². The van der Waals surface area contributed by atoms with Crippen LogP contribution in [0.5, 0.6) is 0 Å². The average molecular weight is 479 g/mol. The Bertz CT molecular complexity index is 558. The molecule has 0 spiro atoms. The van der Waals surface area contributed by atoms with E-state index in [9.17, 15) is 4.79 Å². The zero-order valence-electron chi connectivity index (χ0n) is 16.6. The molecule has 0 aromatic heterocycles. The molecule has 8 heteroatoms. The highest BCUT2D eigenvalue weighted by molar-refractivity contribution is 14.0. The summed E-state index contributed by atoms with van der Waals surface area (Å²) < 4.78 is 5.89. The molecule has 1 amide bonds. The first kappa shape index (κ1) is 21.7. The van der Waals surface area contributed by atoms with Crippen LogP contribution in [0.4, 0.5) is 0 Å². The highest BCUT2D eigenvalue weighted by atomic mass is 127. The lowest BCUT2D eigenvalue weighted by Gasteiger charge is -2.55. The Hall–Kier alpha value is -0.610. The van der Waals surface area contributed by atoms with Crippen LogP contribution in [0.15, 0.2) is 4.99 Å². The first-order valence-electron chi connectivity index (χ1n) is 9.34. The summed E-state index contributed by atoms with van der Waals surface area (Å²) in [6.07, 6.45) is 1.50. The monoisotopic (exact) mass is 479 g/mol. The Morgan fingerprint density at radius 2 is 1.88 bits per heavy atom. The van der Waals surface area contributed by atoms with Crippen LogP contribution in [0.25, 0.3) is 0 Å². The zero-order valence-corrected chi connectivity index (χ0v) is 18.9. The topological polar surface area (TPSA) is 83.2 Å². The molecule has 2 aliphatic heterocycles. The van der Waals surface area contributed by atoms with Crippen molar-refractivity contribution in [2.45, 2.75) is 51.8 Å². The van der Waals surface area contributed by atoms with Gasteiger partial charge < -0.3 is 20.7 Å². The SMILES string of the molecule is CN=C(NC1C2CCOC2C1(C)C)N1CCN(C(C)(C)C(N)=O)CC1.I. The van der Waals surface area contributed by atoms with Crippen LogP contribution in [-0.4, -0.2) is 79.2 Å². The second-order valence-electron chi connectivity index (χ2n) is 8.63. The van der Waals surface area contributed by atoms with Gasteiger partial charge in [-0.1, -0.05) is 13.8 Å². The minimum atomic E-state index is -0.604. The molecule has 7 nitrogen and oxygen atoms in total. The third kappa shape index (κ3) is 3.56. The molecule has 3 atom stereocenters. The van der Waals surface area contributed by atoms with Gasteiger partial charge in [-0.25, -0.2) is 0 Å². The number of rotatable bonds is 3. The number of nitrogens with two attached hydrogens (primary N) is 1. The van der Waals surface area contributed by atoms with E-state index >= 15 is 0 Å². The number of halogens is 1. The van der Waals surface area contributed by atoms with E-state index in [2.05, 4.69) is 34.0 Å². The molecule has 3 unspecified atom stereocenters. The second kappa shape index (κ2) is 7.79. The summed E-state index contributed by atoms with van der Waals surface area (Å²) in [5.41, 5.74) is 5.08. The number of fused-ring (bicyclic) bond motifs is 1. The lowest BCUT2D eigenvalue weighted by atomic mass is 9.57. The van der Waals surface area contributed by atoms with Gasteiger partial charge in [0.15, 0.2) is 5.96 Å². The van der Waals surface area contributed by atoms with E-state index in [0.717, 1.165) is 45.2 Å². The second-order valence-corrected chi connectivity index (χ2v) is 8.63. The van der Waals surface area contributed by atoms with Crippen LogP contribution in [0.2, 0.25) is 0 Å². The summed E-state index contributed by atoms with van der Waals surface area (Å²) >= 11 is 0. The molecule has 0 aromatic carbocycles. The number of piperazine rings is 1. The van der Waals surface area contributed by atoms with Crippen molar-refractivity contribution >= 4 is 35.8 Å². The van der Waals surface area contributed by atoms with Crippen LogP contribution in [0.3, 0.4) is 0 Å². The quantitative estimate of drug-likeness (QED) is 0.357. The van der Waals surface area contributed by atoms with Gasteiger partial charge in [-0.05, 0) is 20.3 Å². The lowest BCUT2D eigenvalue weighted by molar-refractivity contribution is -0.129. The van der Waals surface area contributed by atoms with E-state index in [1.165, 1.54) is 0 Å². The van der Waals surface area contributed by atoms with E-state index in [-0.39, 0.29) is 35.3 Å². The van der Waals surface area contributed by atoms with Crippen molar-refractivity contribution in [1.29, 1.82) is 0 Å². The molecule has 2 saturated heterocycles. The van der Waals surface area contributed by atoms with Crippen LogP contribution in [0, 0.1) is 11.3 Å². The molecule has 2 heterocycles. The van der Waals surface area contributed by atoms with E-state index in [4.69, 9.17) is 10.5 Å². The van der Waals surface area contributed by atoms with Crippen molar-refractivity contribution in [1.82, 2.24) is 15.1 Å². The van der Waals surface area contributed by atoms with Gasteiger partial charge in [-0.15, -0.1) is 24.0 Å². The molecule has 150 valence electrons. The predicted octanol–water partition coefficient (Wildman–Crippen LogP) is 0.875. The van der Waals surface area contributed by atoms with Gasteiger partial charge in [0.1, 0.15) is 0 Å². The Kier molecular flexibility index (Phi) is 6.50. The van der Waals surface area contributed by atoms with Gasteiger partial charge in [0.25, 0.3) is 0 Å². The molecule has 3 N–H and O–H groups in total. The highest BCUT2D eigenvalue weighted by Crippen LogP contribution is 2.52. The molecule has 0 radical (unpaired) electrons. The molecular weight excluding hydrogens is 445 g/mol. The number of aliphatic imine (C=N–C) groups is 1. The van der Waals surface area contributed by atoms with Crippen molar-refractivity contribution in [2.24, 2.45) is 22.1 Å². The third-order valence-corrected chi connectivity index (χ3v) is 6.57. The number of carbonyl (C=O) groups excluding carboxylic acids is 1. The molecule has 1 aliphatic carbocycles. The fourth-order valence-electron chi connectivity index (χ4n) is 4.69. The molecular formula is C18H34IN5O2. The normalized spacial score (nSPS) is 31.7. The maximum atomic E-state index is 11.7. The van der Waals surface area contributed by atoms with Crippen molar-refractivity contribution in [3.8, 4) is 0 Å².